The van der Waals surface area contributed by atoms with Crippen LogP contribution in [-0.2, 0) is 0 Å². The lowest BCUT2D eigenvalue weighted by molar-refractivity contribution is 0.575. The van der Waals surface area contributed by atoms with Gasteiger partial charge in [0, 0.05) is 24.8 Å². The smallest absolute Gasteiger partial charge is 0.132 e. The van der Waals surface area contributed by atoms with Gasteiger partial charge in [0.15, 0.2) is 0 Å². The van der Waals surface area contributed by atoms with E-state index in [0.29, 0.717) is 6.04 Å². The van der Waals surface area contributed by atoms with Gasteiger partial charge in [0.25, 0.3) is 0 Å². The lowest BCUT2D eigenvalue weighted by Crippen LogP contribution is -2.39. The van der Waals surface area contributed by atoms with Gasteiger partial charge >= 0.3 is 0 Å². The maximum absolute atomic E-state index is 4.37. The van der Waals surface area contributed by atoms with E-state index in [4.69, 9.17) is 0 Å². The Morgan fingerprint density at radius 3 is 2.94 bits per heavy atom. The van der Waals surface area contributed by atoms with Crippen LogP contribution in [0.25, 0.3) is 0 Å². The fourth-order valence-corrected chi connectivity index (χ4v) is 2.42. The minimum Gasteiger partial charge on any atom is -0.352 e. The highest BCUT2D eigenvalue weighted by molar-refractivity contribution is 5.40. The van der Waals surface area contributed by atoms with Crippen molar-refractivity contribution in [1.29, 1.82) is 0 Å². The third-order valence-electron chi connectivity index (χ3n) is 3.43. The van der Waals surface area contributed by atoms with Crippen LogP contribution in [0.5, 0.6) is 0 Å². The van der Waals surface area contributed by atoms with Crippen LogP contribution in [0, 0.1) is 0 Å². The van der Waals surface area contributed by atoms with Crippen LogP contribution in [-0.4, -0.2) is 35.1 Å². The number of aromatic nitrogens is 2. The molecule has 0 aromatic carbocycles. The van der Waals surface area contributed by atoms with Gasteiger partial charge in [-0.05, 0) is 38.3 Å². The Balaban J connectivity index is 1.71. The van der Waals surface area contributed by atoms with Crippen molar-refractivity contribution in [3.63, 3.8) is 0 Å². The van der Waals surface area contributed by atoms with Crippen LogP contribution in [0.2, 0.25) is 0 Å². The van der Waals surface area contributed by atoms with Crippen LogP contribution < -0.4 is 10.2 Å². The maximum Gasteiger partial charge on any atom is 0.132 e. The molecule has 1 saturated carbocycles. The Hall–Kier alpha value is -1.16. The normalized spacial score (nSPS) is 24.6. The second-order valence-electron chi connectivity index (χ2n) is 4.74. The van der Waals surface area contributed by atoms with E-state index < -0.39 is 0 Å². The van der Waals surface area contributed by atoms with Crippen LogP contribution in [0.1, 0.15) is 25.7 Å². The molecule has 1 saturated heterocycles. The summed E-state index contributed by atoms with van der Waals surface area (Å²) in [5.74, 6) is 1.09. The SMILES string of the molecule is c1cc(N(CC2CCCN2)C2CC2)ncn1. The number of rotatable bonds is 4. The highest BCUT2D eigenvalue weighted by Crippen LogP contribution is 2.30. The number of nitrogens with zero attached hydrogens (tertiary/aromatic N) is 3. The highest BCUT2D eigenvalue weighted by Gasteiger charge is 2.32. The zero-order valence-corrected chi connectivity index (χ0v) is 9.47. The molecular formula is C12H18N4. The minimum absolute atomic E-state index is 0.649. The second kappa shape index (κ2) is 4.37. The first-order valence-electron chi connectivity index (χ1n) is 6.19. The third kappa shape index (κ3) is 2.16. The van der Waals surface area contributed by atoms with Gasteiger partial charge < -0.3 is 10.2 Å². The molecule has 0 bridgehead atoms. The number of hydrogen-bond donors (Lipinski definition) is 1. The molecule has 16 heavy (non-hydrogen) atoms. The van der Waals surface area contributed by atoms with Gasteiger partial charge in [-0.15, -0.1) is 0 Å². The Labute approximate surface area is 96.1 Å². The summed E-state index contributed by atoms with van der Waals surface area (Å²) in [4.78, 5) is 10.8. The zero-order chi connectivity index (χ0) is 10.8. The van der Waals surface area contributed by atoms with E-state index in [1.165, 1.54) is 32.2 Å². The van der Waals surface area contributed by atoms with Crippen molar-refractivity contribution in [3.8, 4) is 0 Å². The quantitative estimate of drug-likeness (QED) is 0.824. The molecule has 2 fully saturated rings. The van der Waals surface area contributed by atoms with E-state index in [9.17, 15) is 0 Å². The van der Waals surface area contributed by atoms with Crippen molar-refractivity contribution < 1.29 is 0 Å². The molecule has 0 radical (unpaired) electrons. The summed E-state index contributed by atoms with van der Waals surface area (Å²) in [6.07, 6.45) is 8.72. The minimum atomic E-state index is 0.649. The molecule has 2 aliphatic rings. The molecular weight excluding hydrogens is 200 g/mol. The van der Waals surface area contributed by atoms with Gasteiger partial charge in [-0.3, -0.25) is 0 Å². The fourth-order valence-electron chi connectivity index (χ4n) is 2.42. The topological polar surface area (TPSA) is 41.0 Å². The molecule has 0 spiro atoms. The maximum atomic E-state index is 4.37. The first-order chi connectivity index (χ1) is 7.93. The molecule has 0 amide bonds. The molecule has 2 heterocycles. The highest BCUT2D eigenvalue weighted by atomic mass is 15.3. The molecule has 86 valence electrons. The van der Waals surface area contributed by atoms with Crippen molar-refractivity contribution in [2.45, 2.75) is 37.8 Å². The fraction of sp³-hybridized carbons (Fsp3) is 0.667. The van der Waals surface area contributed by atoms with E-state index in [0.717, 1.165) is 18.4 Å². The number of nitrogens with one attached hydrogen (secondary N) is 1. The molecule has 1 unspecified atom stereocenters. The summed E-state index contributed by atoms with van der Waals surface area (Å²) in [5.41, 5.74) is 0. The Bertz CT molecular complexity index is 330. The average molecular weight is 218 g/mol. The first-order valence-corrected chi connectivity index (χ1v) is 6.19. The Kier molecular flexibility index (Phi) is 2.74. The first kappa shape index (κ1) is 10.0. The predicted octanol–water partition coefficient (Wildman–Crippen LogP) is 1.20. The van der Waals surface area contributed by atoms with Crippen molar-refractivity contribution in [2.24, 2.45) is 0 Å². The Morgan fingerprint density at radius 1 is 1.38 bits per heavy atom. The summed E-state index contributed by atoms with van der Waals surface area (Å²) in [7, 11) is 0. The summed E-state index contributed by atoms with van der Waals surface area (Å²) in [6.45, 7) is 2.27. The summed E-state index contributed by atoms with van der Waals surface area (Å²) < 4.78 is 0. The lowest BCUT2D eigenvalue weighted by atomic mass is 10.2. The van der Waals surface area contributed by atoms with Crippen LogP contribution >= 0.6 is 0 Å². The molecule has 1 N–H and O–H groups in total. The van der Waals surface area contributed by atoms with Gasteiger partial charge in [-0.1, -0.05) is 0 Å². The van der Waals surface area contributed by atoms with Crippen LogP contribution in [0.4, 0.5) is 5.82 Å². The standard InChI is InChI=1S/C12H18N4/c1-2-10(14-6-1)8-16(11-3-4-11)12-5-7-13-9-15-12/h5,7,9-11,14H,1-4,6,8H2. The van der Waals surface area contributed by atoms with Crippen LogP contribution in [0.15, 0.2) is 18.6 Å². The van der Waals surface area contributed by atoms with Crippen molar-refractivity contribution >= 4 is 5.82 Å². The van der Waals surface area contributed by atoms with Gasteiger partial charge in [0.05, 0.1) is 0 Å². The summed E-state index contributed by atoms with van der Waals surface area (Å²) in [5, 5.41) is 3.55. The van der Waals surface area contributed by atoms with Crippen molar-refractivity contribution in [1.82, 2.24) is 15.3 Å². The zero-order valence-electron chi connectivity index (χ0n) is 9.47. The number of anilines is 1. The Morgan fingerprint density at radius 2 is 2.31 bits per heavy atom. The molecule has 3 rings (SSSR count). The van der Waals surface area contributed by atoms with Gasteiger partial charge in [-0.2, -0.15) is 0 Å². The predicted molar refractivity (Wildman–Crippen MR) is 63.4 cm³/mol. The van der Waals surface area contributed by atoms with Crippen LogP contribution in [0.3, 0.4) is 0 Å². The second-order valence-corrected chi connectivity index (χ2v) is 4.74. The molecule has 1 aromatic heterocycles. The monoisotopic (exact) mass is 218 g/mol. The summed E-state index contributed by atoms with van der Waals surface area (Å²) in [6, 6.07) is 3.39. The third-order valence-corrected chi connectivity index (χ3v) is 3.43. The van der Waals surface area contributed by atoms with Gasteiger partial charge in [-0.25, -0.2) is 9.97 Å². The van der Waals surface area contributed by atoms with E-state index in [2.05, 4.69) is 20.2 Å². The molecule has 1 aliphatic carbocycles. The summed E-state index contributed by atoms with van der Waals surface area (Å²) >= 11 is 0. The van der Waals surface area contributed by atoms with E-state index in [1.807, 2.05) is 12.3 Å². The van der Waals surface area contributed by atoms with Gasteiger partial charge in [0.1, 0.15) is 12.1 Å². The molecule has 1 atom stereocenters. The van der Waals surface area contributed by atoms with E-state index >= 15 is 0 Å². The van der Waals surface area contributed by atoms with Gasteiger partial charge in [0.2, 0.25) is 0 Å². The van der Waals surface area contributed by atoms with E-state index in [-0.39, 0.29) is 0 Å². The number of hydrogen-bond acceptors (Lipinski definition) is 4. The largest absolute Gasteiger partial charge is 0.352 e. The van der Waals surface area contributed by atoms with Crippen molar-refractivity contribution in [3.05, 3.63) is 18.6 Å². The molecule has 4 heteroatoms. The molecule has 1 aromatic rings. The average Bonchev–Trinajstić information content (AvgIpc) is 3.05. The molecule has 1 aliphatic heterocycles. The van der Waals surface area contributed by atoms with E-state index in [1.54, 1.807) is 6.33 Å². The lowest BCUT2D eigenvalue weighted by Gasteiger charge is -2.26. The molecule has 4 nitrogen and oxygen atoms in total. The van der Waals surface area contributed by atoms with Crippen molar-refractivity contribution in [2.75, 3.05) is 18.0 Å².